The molecule has 4 nitrogen and oxygen atoms in total. The lowest BCUT2D eigenvalue weighted by atomic mass is 10.1. The van der Waals surface area contributed by atoms with Crippen molar-refractivity contribution in [2.24, 2.45) is 0 Å². The third kappa shape index (κ3) is 2.09. The van der Waals surface area contributed by atoms with Crippen LogP contribution in [0.15, 0.2) is 6.07 Å². The van der Waals surface area contributed by atoms with E-state index in [2.05, 4.69) is 11.8 Å². The monoisotopic (exact) mass is 260 g/mol. The molecule has 1 atom stereocenters. The molecule has 0 spiro atoms. The van der Waals surface area contributed by atoms with Gasteiger partial charge in [0.25, 0.3) is 0 Å². The maximum absolute atomic E-state index is 11.5. The fourth-order valence-corrected chi connectivity index (χ4v) is 3.38. The van der Waals surface area contributed by atoms with Crippen LogP contribution < -0.4 is 4.90 Å². The van der Waals surface area contributed by atoms with Gasteiger partial charge in [0, 0.05) is 18.3 Å². The molecule has 2 aliphatic rings. The first-order valence-electron chi connectivity index (χ1n) is 7.23. The molecular weight excluding hydrogens is 240 g/mol. The average molecular weight is 260 g/mol. The molecule has 0 aromatic carbocycles. The van der Waals surface area contributed by atoms with Crippen molar-refractivity contribution >= 4 is 11.8 Å². The minimum absolute atomic E-state index is 0.390. The quantitative estimate of drug-likeness (QED) is 0.907. The van der Waals surface area contributed by atoms with Crippen molar-refractivity contribution in [2.45, 2.75) is 51.5 Å². The van der Waals surface area contributed by atoms with Crippen LogP contribution in [0.25, 0.3) is 0 Å². The number of anilines is 1. The summed E-state index contributed by atoms with van der Waals surface area (Å²) in [7, 11) is 0. The van der Waals surface area contributed by atoms with Gasteiger partial charge in [-0.15, -0.1) is 0 Å². The number of hydrogen-bond donors (Lipinski definition) is 1. The van der Waals surface area contributed by atoms with Crippen molar-refractivity contribution in [1.29, 1.82) is 0 Å². The molecule has 1 aromatic heterocycles. The zero-order chi connectivity index (χ0) is 13.4. The van der Waals surface area contributed by atoms with Crippen molar-refractivity contribution in [1.82, 2.24) is 4.98 Å². The lowest BCUT2D eigenvalue weighted by molar-refractivity contribution is 0.0697. The molecule has 0 bridgehead atoms. The predicted molar refractivity (Wildman–Crippen MR) is 73.9 cm³/mol. The molecule has 1 saturated heterocycles. The number of carboxylic acid groups (broad SMARTS) is 1. The Morgan fingerprint density at radius 1 is 1.47 bits per heavy atom. The summed E-state index contributed by atoms with van der Waals surface area (Å²) in [4.78, 5) is 18.4. The second-order valence-corrected chi connectivity index (χ2v) is 5.52. The summed E-state index contributed by atoms with van der Waals surface area (Å²) in [6, 6.07) is 2.31. The number of fused-ring (bicyclic) bond motifs is 1. The highest BCUT2D eigenvalue weighted by atomic mass is 16.4. The molecule has 1 aliphatic carbocycles. The van der Waals surface area contributed by atoms with Crippen LogP contribution in [0.2, 0.25) is 0 Å². The first kappa shape index (κ1) is 12.5. The first-order chi connectivity index (χ1) is 9.20. The standard InChI is InChI=1S/C15H20N2O2/c1-2-11-6-4-8-17(11)14-12(15(18)19)9-10-5-3-7-13(10)16-14/h9,11H,2-8H2,1H3,(H,18,19). The molecule has 0 radical (unpaired) electrons. The molecule has 3 rings (SSSR count). The number of pyridine rings is 1. The minimum atomic E-state index is -0.848. The number of carbonyl (C=O) groups is 1. The first-order valence-corrected chi connectivity index (χ1v) is 7.23. The van der Waals surface area contributed by atoms with E-state index in [1.54, 1.807) is 0 Å². The van der Waals surface area contributed by atoms with E-state index in [0.29, 0.717) is 17.4 Å². The number of aromatic nitrogens is 1. The van der Waals surface area contributed by atoms with Gasteiger partial charge in [0.2, 0.25) is 0 Å². The topological polar surface area (TPSA) is 53.4 Å². The van der Waals surface area contributed by atoms with E-state index in [1.165, 1.54) is 0 Å². The summed E-state index contributed by atoms with van der Waals surface area (Å²) in [5.74, 6) is -0.142. The molecule has 1 aromatic rings. The van der Waals surface area contributed by atoms with Crippen LogP contribution in [0, 0.1) is 0 Å². The molecule has 1 fully saturated rings. The zero-order valence-corrected chi connectivity index (χ0v) is 11.4. The molecule has 2 heterocycles. The Morgan fingerprint density at radius 3 is 3.05 bits per heavy atom. The normalized spacial score (nSPS) is 21.7. The van der Waals surface area contributed by atoms with E-state index in [0.717, 1.165) is 56.3 Å². The number of rotatable bonds is 3. The van der Waals surface area contributed by atoms with E-state index in [4.69, 9.17) is 4.98 Å². The second-order valence-electron chi connectivity index (χ2n) is 5.52. The zero-order valence-electron chi connectivity index (χ0n) is 11.4. The molecule has 4 heteroatoms. The van der Waals surface area contributed by atoms with Gasteiger partial charge in [-0.25, -0.2) is 9.78 Å². The Bertz CT molecular complexity index is 513. The molecule has 1 aliphatic heterocycles. The van der Waals surface area contributed by atoms with Gasteiger partial charge in [0.1, 0.15) is 11.4 Å². The van der Waals surface area contributed by atoms with Gasteiger partial charge >= 0.3 is 5.97 Å². The van der Waals surface area contributed by atoms with Gasteiger partial charge in [-0.1, -0.05) is 6.92 Å². The van der Waals surface area contributed by atoms with Crippen LogP contribution in [-0.4, -0.2) is 28.6 Å². The highest BCUT2D eigenvalue weighted by Crippen LogP contribution is 2.32. The van der Waals surface area contributed by atoms with Crippen molar-refractivity contribution in [3.63, 3.8) is 0 Å². The molecule has 1 unspecified atom stereocenters. The third-order valence-corrected chi connectivity index (χ3v) is 4.38. The van der Waals surface area contributed by atoms with E-state index >= 15 is 0 Å². The van der Waals surface area contributed by atoms with Gasteiger partial charge in [-0.3, -0.25) is 0 Å². The molecule has 0 saturated carbocycles. The second kappa shape index (κ2) is 4.83. The molecule has 19 heavy (non-hydrogen) atoms. The smallest absolute Gasteiger partial charge is 0.339 e. The Morgan fingerprint density at radius 2 is 2.32 bits per heavy atom. The van der Waals surface area contributed by atoms with E-state index in [1.807, 2.05) is 6.07 Å². The molecule has 1 N–H and O–H groups in total. The average Bonchev–Trinajstić information content (AvgIpc) is 3.04. The Kier molecular flexibility index (Phi) is 3.17. The third-order valence-electron chi connectivity index (χ3n) is 4.38. The number of hydrogen-bond acceptors (Lipinski definition) is 3. The fourth-order valence-electron chi connectivity index (χ4n) is 3.38. The van der Waals surface area contributed by atoms with Crippen LogP contribution >= 0.6 is 0 Å². The Hall–Kier alpha value is -1.58. The van der Waals surface area contributed by atoms with Crippen LogP contribution in [0.1, 0.15) is 54.2 Å². The van der Waals surface area contributed by atoms with Gasteiger partial charge < -0.3 is 10.0 Å². The molecular formula is C15H20N2O2. The van der Waals surface area contributed by atoms with Crippen LogP contribution in [0.4, 0.5) is 5.82 Å². The summed E-state index contributed by atoms with van der Waals surface area (Å²) in [5, 5.41) is 9.45. The lowest BCUT2D eigenvalue weighted by Gasteiger charge is -2.26. The van der Waals surface area contributed by atoms with Gasteiger partial charge in [-0.2, -0.15) is 0 Å². The van der Waals surface area contributed by atoms with Crippen LogP contribution in [0.5, 0.6) is 0 Å². The van der Waals surface area contributed by atoms with Crippen molar-refractivity contribution in [3.05, 3.63) is 22.9 Å². The summed E-state index contributed by atoms with van der Waals surface area (Å²) in [6.07, 6.45) is 6.40. The predicted octanol–water partition coefficient (Wildman–Crippen LogP) is 2.65. The summed E-state index contributed by atoms with van der Waals surface area (Å²) in [6.45, 7) is 3.10. The number of carboxylic acids is 1. The summed E-state index contributed by atoms with van der Waals surface area (Å²) >= 11 is 0. The lowest BCUT2D eigenvalue weighted by Crippen LogP contribution is -2.31. The van der Waals surface area contributed by atoms with Gasteiger partial charge in [0.15, 0.2) is 0 Å². The van der Waals surface area contributed by atoms with E-state index < -0.39 is 5.97 Å². The van der Waals surface area contributed by atoms with Crippen molar-refractivity contribution in [2.75, 3.05) is 11.4 Å². The largest absolute Gasteiger partial charge is 0.478 e. The number of aromatic carboxylic acids is 1. The van der Waals surface area contributed by atoms with Gasteiger partial charge in [0.05, 0.1) is 0 Å². The van der Waals surface area contributed by atoms with Crippen LogP contribution in [-0.2, 0) is 12.8 Å². The maximum atomic E-state index is 11.5. The highest BCUT2D eigenvalue weighted by molar-refractivity contribution is 5.93. The van der Waals surface area contributed by atoms with E-state index in [9.17, 15) is 9.90 Å². The highest BCUT2D eigenvalue weighted by Gasteiger charge is 2.29. The van der Waals surface area contributed by atoms with Gasteiger partial charge in [-0.05, 0) is 50.2 Å². The Balaban J connectivity index is 2.06. The van der Waals surface area contributed by atoms with Crippen LogP contribution in [0.3, 0.4) is 0 Å². The number of aryl methyl sites for hydroxylation is 2. The number of nitrogens with zero attached hydrogens (tertiary/aromatic N) is 2. The minimum Gasteiger partial charge on any atom is -0.478 e. The van der Waals surface area contributed by atoms with Crippen molar-refractivity contribution in [3.8, 4) is 0 Å². The van der Waals surface area contributed by atoms with E-state index in [-0.39, 0.29) is 0 Å². The maximum Gasteiger partial charge on any atom is 0.339 e. The molecule has 102 valence electrons. The molecule has 0 amide bonds. The summed E-state index contributed by atoms with van der Waals surface area (Å²) in [5.41, 5.74) is 2.64. The van der Waals surface area contributed by atoms with Crippen molar-refractivity contribution < 1.29 is 9.90 Å². The SMILES string of the molecule is CCC1CCCN1c1nc2c(cc1C(=O)O)CCC2. The fraction of sp³-hybridized carbons (Fsp3) is 0.600. The Labute approximate surface area is 113 Å². The summed E-state index contributed by atoms with van der Waals surface area (Å²) < 4.78 is 0.